The monoisotopic (exact) mass is 335 g/mol. The van der Waals surface area contributed by atoms with Crippen molar-refractivity contribution in [1.29, 1.82) is 0 Å². The van der Waals surface area contributed by atoms with Crippen LogP contribution in [-0.2, 0) is 14.3 Å². The fourth-order valence-corrected chi connectivity index (χ4v) is 2.50. The van der Waals surface area contributed by atoms with Crippen LogP contribution in [0.15, 0.2) is 12.1 Å². The zero-order chi connectivity index (χ0) is 17.7. The van der Waals surface area contributed by atoms with E-state index in [1.807, 2.05) is 0 Å². The lowest BCUT2D eigenvalue weighted by Gasteiger charge is -2.37. The largest absolute Gasteiger partial charge is 0.474 e. The van der Waals surface area contributed by atoms with E-state index in [1.54, 1.807) is 26.0 Å². The molecule has 1 amide bonds. The van der Waals surface area contributed by atoms with Gasteiger partial charge in [-0.05, 0) is 32.4 Å². The van der Waals surface area contributed by atoms with Crippen molar-refractivity contribution in [2.45, 2.75) is 52.1 Å². The average Bonchev–Trinajstić information content (AvgIpc) is 2.52. The van der Waals surface area contributed by atoms with Crippen LogP contribution in [0.3, 0.4) is 0 Å². The Morgan fingerprint density at radius 3 is 2.79 bits per heavy atom. The summed E-state index contributed by atoms with van der Waals surface area (Å²) in [6.07, 6.45) is 4.08. The summed E-state index contributed by atoms with van der Waals surface area (Å²) < 4.78 is 10.9. The second kappa shape index (κ2) is 7.51. The number of nitrogens with two attached hydrogens (primary N) is 1. The highest BCUT2D eigenvalue weighted by Gasteiger charge is 2.42. The molecular formula is C17H25N3O4. The Hall–Kier alpha value is -2.31. The molecule has 0 fully saturated rings. The third kappa shape index (κ3) is 4.15. The van der Waals surface area contributed by atoms with Crippen LogP contribution in [0.1, 0.15) is 46.5 Å². The first-order chi connectivity index (χ1) is 11.3. The Labute approximate surface area is 142 Å². The quantitative estimate of drug-likeness (QED) is 0.607. The van der Waals surface area contributed by atoms with E-state index in [1.165, 1.54) is 4.90 Å². The lowest BCUT2D eigenvalue weighted by atomic mass is 10.1. The van der Waals surface area contributed by atoms with Gasteiger partial charge in [0.2, 0.25) is 0 Å². The molecule has 0 atom stereocenters. The van der Waals surface area contributed by atoms with E-state index < -0.39 is 11.6 Å². The van der Waals surface area contributed by atoms with Gasteiger partial charge < -0.3 is 15.2 Å². The Morgan fingerprint density at radius 1 is 1.33 bits per heavy atom. The molecule has 1 aliphatic rings. The first-order valence-electron chi connectivity index (χ1n) is 8.28. The number of unbranched alkanes of at least 4 members (excludes halogenated alkanes) is 3. The number of nitrogen functional groups attached to an aromatic ring is 1. The molecule has 132 valence electrons. The molecule has 1 aliphatic heterocycles. The van der Waals surface area contributed by atoms with E-state index in [0.29, 0.717) is 12.4 Å². The summed E-state index contributed by atoms with van der Waals surface area (Å²) in [5, 5.41) is 0. The summed E-state index contributed by atoms with van der Waals surface area (Å²) >= 11 is 0. The zero-order valence-corrected chi connectivity index (χ0v) is 14.5. The Balaban J connectivity index is 2.06. The van der Waals surface area contributed by atoms with Gasteiger partial charge in [0.15, 0.2) is 17.2 Å². The number of hydrogen-bond acceptors (Lipinski definition) is 6. The molecule has 7 nitrogen and oxygen atoms in total. The van der Waals surface area contributed by atoms with Gasteiger partial charge in [0, 0.05) is 0 Å². The molecule has 2 heterocycles. The highest BCUT2D eigenvalue weighted by Crippen LogP contribution is 2.36. The van der Waals surface area contributed by atoms with Crippen LogP contribution >= 0.6 is 0 Å². The van der Waals surface area contributed by atoms with E-state index in [0.717, 1.165) is 25.7 Å². The van der Waals surface area contributed by atoms with Gasteiger partial charge in [0.25, 0.3) is 5.91 Å². The molecule has 0 radical (unpaired) electrons. The predicted molar refractivity (Wildman–Crippen MR) is 90.8 cm³/mol. The molecule has 0 unspecified atom stereocenters. The highest BCUT2D eigenvalue weighted by molar-refractivity contribution is 6.04. The van der Waals surface area contributed by atoms with Crippen molar-refractivity contribution in [2.75, 3.05) is 23.8 Å². The normalized spacial score (nSPS) is 15.6. The number of esters is 1. The zero-order valence-electron chi connectivity index (χ0n) is 14.5. The number of ether oxygens (including phenoxy) is 2. The van der Waals surface area contributed by atoms with Gasteiger partial charge in [-0.25, -0.2) is 4.98 Å². The molecule has 1 aromatic heterocycles. The summed E-state index contributed by atoms with van der Waals surface area (Å²) in [4.78, 5) is 30.1. The summed E-state index contributed by atoms with van der Waals surface area (Å²) in [5.41, 5.74) is 4.62. The second-order valence-electron chi connectivity index (χ2n) is 6.34. The van der Waals surface area contributed by atoms with Crippen molar-refractivity contribution < 1.29 is 19.1 Å². The molecule has 0 saturated heterocycles. The number of hydrogen-bond donors (Lipinski definition) is 1. The summed E-state index contributed by atoms with van der Waals surface area (Å²) in [6.45, 7) is 5.57. The van der Waals surface area contributed by atoms with Gasteiger partial charge >= 0.3 is 5.97 Å². The van der Waals surface area contributed by atoms with Crippen molar-refractivity contribution in [3.05, 3.63) is 12.1 Å². The van der Waals surface area contributed by atoms with Gasteiger partial charge in [0.1, 0.15) is 12.4 Å². The van der Waals surface area contributed by atoms with Crippen molar-refractivity contribution in [3.8, 4) is 5.75 Å². The lowest BCUT2D eigenvalue weighted by molar-refractivity contribution is -0.144. The van der Waals surface area contributed by atoms with E-state index in [4.69, 9.17) is 15.2 Å². The van der Waals surface area contributed by atoms with E-state index in [-0.39, 0.29) is 24.1 Å². The minimum Gasteiger partial charge on any atom is -0.474 e. The van der Waals surface area contributed by atoms with Gasteiger partial charge in [0.05, 0.1) is 6.61 Å². The molecule has 1 aromatic rings. The number of fused-ring (bicyclic) bond motifs is 1. The number of anilines is 2. The summed E-state index contributed by atoms with van der Waals surface area (Å²) in [6, 6.07) is 3.24. The Morgan fingerprint density at radius 2 is 2.08 bits per heavy atom. The fourth-order valence-electron chi connectivity index (χ4n) is 2.50. The highest BCUT2D eigenvalue weighted by atomic mass is 16.5. The van der Waals surface area contributed by atoms with Gasteiger partial charge in [-0.15, -0.1) is 0 Å². The van der Waals surface area contributed by atoms with E-state index in [9.17, 15) is 9.59 Å². The van der Waals surface area contributed by atoms with Crippen molar-refractivity contribution >= 4 is 23.5 Å². The number of carbonyl (C=O) groups excluding carboxylic acids is 2. The van der Waals surface area contributed by atoms with Crippen molar-refractivity contribution in [1.82, 2.24) is 4.98 Å². The molecule has 2 N–H and O–H groups in total. The first kappa shape index (κ1) is 18.0. The molecule has 0 bridgehead atoms. The molecule has 7 heteroatoms. The Bertz CT molecular complexity index is 616. The smallest absolute Gasteiger partial charge is 0.326 e. The van der Waals surface area contributed by atoms with Crippen molar-refractivity contribution in [3.63, 3.8) is 0 Å². The first-order valence-corrected chi connectivity index (χ1v) is 8.28. The molecule has 2 rings (SSSR count). The molecule has 0 spiro atoms. The lowest BCUT2D eigenvalue weighted by Crippen LogP contribution is -2.54. The summed E-state index contributed by atoms with van der Waals surface area (Å²) in [5.74, 6) is 0.110. The third-order valence-electron chi connectivity index (χ3n) is 3.79. The SMILES string of the molecule is CCCCCCOC(=O)CN1C(=O)C(C)(C)Oc2ccc(N)nc21. The topological polar surface area (TPSA) is 94.8 Å². The number of rotatable bonds is 7. The predicted octanol–water partition coefficient (Wildman–Crippen LogP) is 2.29. The van der Waals surface area contributed by atoms with Crippen LogP contribution in [0.25, 0.3) is 0 Å². The average molecular weight is 335 g/mol. The molecule has 0 aliphatic carbocycles. The fraction of sp³-hybridized carbons (Fsp3) is 0.588. The number of carbonyl (C=O) groups is 2. The maximum Gasteiger partial charge on any atom is 0.326 e. The second-order valence-corrected chi connectivity index (χ2v) is 6.34. The number of aromatic nitrogens is 1. The maximum absolute atomic E-state index is 12.6. The van der Waals surface area contributed by atoms with E-state index in [2.05, 4.69) is 11.9 Å². The number of amides is 1. The van der Waals surface area contributed by atoms with Crippen LogP contribution in [0.4, 0.5) is 11.6 Å². The Kier molecular flexibility index (Phi) is 5.64. The van der Waals surface area contributed by atoms with Gasteiger partial charge in [-0.2, -0.15) is 0 Å². The molecule has 0 aromatic carbocycles. The number of nitrogens with zero attached hydrogens (tertiary/aromatic N) is 2. The minimum atomic E-state index is -1.08. The van der Waals surface area contributed by atoms with Crippen LogP contribution < -0.4 is 15.4 Å². The summed E-state index contributed by atoms with van der Waals surface area (Å²) in [7, 11) is 0. The van der Waals surface area contributed by atoms with Crippen LogP contribution in [0.5, 0.6) is 5.75 Å². The van der Waals surface area contributed by atoms with Gasteiger partial charge in [-0.1, -0.05) is 26.2 Å². The van der Waals surface area contributed by atoms with Crippen LogP contribution in [0, 0.1) is 0 Å². The van der Waals surface area contributed by atoms with Crippen LogP contribution in [-0.4, -0.2) is 35.6 Å². The maximum atomic E-state index is 12.6. The number of pyridine rings is 1. The minimum absolute atomic E-state index is 0.206. The molecule has 24 heavy (non-hydrogen) atoms. The third-order valence-corrected chi connectivity index (χ3v) is 3.79. The standard InChI is InChI=1S/C17H25N3O4/c1-4-5-6-7-10-23-14(21)11-20-15-12(8-9-13(18)19-15)24-17(2,3)16(20)22/h8-9H,4-7,10-11H2,1-3H3,(H2,18,19). The van der Waals surface area contributed by atoms with Gasteiger partial charge in [-0.3, -0.25) is 14.5 Å². The van der Waals surface area contributed by atoms with E-state index >= 15 is 0 Å². The van der Waals surface area contributed by atoms with Crippen molar-refractivity contribution in [2.24, 2.45) is 0 Å². The molecule has 0 saturated carbocycles. The molecular weight excluding hydrogens is 310 g/mol. The van der Waals surface area contributed by atoms with Crippen LogP contribution in [0.2, 0.25) is 0 Å².